The second-order valence-corrected chi connectivity index (χ2v) is 10.4. The van der Waals surface area contributed by atoms with Crippen LogP contribution in [0.4, 0.5) is 5.69 Å². The third kappa shape index (κ3) is 6.81. The predicted molar refractivity (Wildman–Crippen MR) is 144 cm³/mol. The van der Waals surface area contributed by atoms with Crippen molar-refractivity contribution < 1.29 is 23.8 Å². The van der Waals surface area contributed by atoms with E-state index in [1.807, 2.05) is 0 Å². The van der Waals surface area contributed by atoms with Gasteiger partial charge in [0.2, 0.25) is 0 Å². The molecule has 37 heavy (non-hydrogen) atoms. The van der Waals surface area contributed by atoms with Crippen molar-refractivity contribution in [3.05, 3.63) is 53.6 Å². The SMILES string of the molecule is COc1cccc(C(=O)Nc2ccc3c(c2)C(=O)N(C)C[C@@H](OC)[C@@H](C)CN(CC2CC2)[C@@H](C)CO3)c1. The lowest BCUT2D eigenvalue weighted by atomic mass is 10.0. The highest BCUT2D eigenvalue weighted by Gasteiger charge is 2.31. The van der Waals surface area contributed by atoms with Crippen LogP contribution in [0, 0.1) is 11.8 Å². The van der Waals surface area contributed by atoms with Gasteiger partial charge in [-0.15, -0.1) is 0 Å². The molecule has 1 aliphatic carbocycles. The zero-order chi connectivity index (χ0) is 26.5. The standard InChI is InChI=1S/C29H39N3O5/c1-19-15-32(16-21-9-10-21)20(2)18-37-26-12-11-23(14-25(26)29(34)31(3)17-27(19)36-5)30-28(33)22-7-6-8-24(13-22)35-4/h6-8,11-14,19-21,27H,9-10,15-18H2,1-5H3,(H,30,33)/t19-,20-,27+/m0/s1. The number of likely N-dealkylation sites (N-methyl/N-ethyl adjacent to an activating group) is 1. The summed E-state index contributed by atoms with van der Waals surface area (Å²) in [6.07, 6.45) is 2.48. The smallest absolute Gasteiger partial charge is 0.257 e. The molecule has 0 aromatic heterocycles. The number of nitrogens with zero attached hydrogens (tertiary/aromatic N) is 2. The number of amides is 2. The summed E-state index contributed by atoms with van der Waals surface area (Å²) in [5.41, 5.74) is 1.40. The first kappa shape index (κ1) is 26.9. The Kier molecular flexibility index (Phi) is 8.71. The molecule has 1 N–H and O–H groups in total. The molecular formula is C29H39N3O5. The Morgan fingerprint density at radius 1 is 1.11 bits per heavy atom. The Balaban J connectivity index is 1.60. The number of hydrogen-bond acceptors (Lipinski definition) is 6. The molecule has 2 aromatic carbocycles. The van der Waals surface area contributed by atoms with E-state index in [0.29, 0.717) is 41.5 Å². The quantitative estimate of drug-likeness (QED) is 0.630. The highest BCUT2D eigenvalue weighted by molar-refractivity contribution is 6.05. The summed E-state index contributed by atoms with van der Waals surface area (Å²) in [5, 5.41) is 2.90. The maximum Gasteiger partial charge on any atom is 0.257 e. The zero-order valence-electron chi connectivity index (χ0n) is 22.5. The number of carbonyl (C=O) groups is 2. The van der Waals surface area contributed by atoms with E-state index in [-0.39, 0.29) is 29.9 Å². The zero-order valence-corrected chi connectivity index (χ0v) is 22.5. The number of anilines is 1. The van der Waals surface area contributed by atoms with E-state index in [9.17, 15) is 9.59 Å². The second-order valence-electron chi connectivity index (χ2n) is 10.4. The van der Waals surface area contributed by atoms with E-state index < -0.39 is 0 Å². The van der Waals surface area contributed by atoms with Gasteiger partial charge in [-0.05, 0) is 68.0 Å². The summed E-state index contributed by atoms with van der Waals surface area (Å²) in [5.74, 6) is 1.65. The predicted octanol–water partition coefficient (Wildman–Crippen LogP) is 4.16. The molecule has 1 saturated carbocycles. The molecular weight excluding hydrogens is 470 g/mol. The van der Waals surface area contributed by atoms with Gasteiger partial charge in [0.25, 0.3) is 11.8 Å². The maximum atomic E-state index is 13.6. The van der Waals surface area contributed by atoms with Crippen LogP contribution in [0.2, 0.25) is 0 Å². The molecule has 1 heterocycles. The molecule has 0 radical (unpaired) electrons. The fraction of sp³-hybridized carbons (Fsp3) is 0.517. The molecule has 8 nitrogen and oxygen atoms in total. The van der Waals surface area contributed by atoms with Crippen LogP contribution in [0.25, 0.3) is 0 Å². The second kappa shape index (κ2) is 12.0. The molecule has 1 fully saturated rings. The first-order valence-electron chi connectivity index (χ1n) is 13.0. The highest BCUT2D eigenvalue weighted by Crippen LogP contribution is 2.32. The minimum Gasteiger partial charge on any atom is -0.497 e. The van der Waals surface area contributed by atoms with Crippen molar-refractivity contribution in [1.82, 2.24) is 9.80 Å². The van der Waals surface area contributed by atoms with E-state index in [1.54, 1.807) is 68.6 Å². The van der Waals surface area contributed by atoms with Gasteiger partial charge in [0, 0.05) is 51.1 Å². The van der Waals surface area contributed by atoms with Crippen LogP contribution in [-0.2, 0) is 4.74 Å². The number of carbonyl (C=O) groups excluding carboxylic acids is 2. The number of rotatable bonds is 6. The first-order valence-corrected chi connectivity index (χ1v) is 13.0. The summed E-state index contributed by atoms with van der Waals surface area (Å²) in [4.78, 5) is 30.6. The van der Waals surface area contributed by atoms with Crippen molar-refractivity contribution in [2.45, 2.75) is 38.8 Å². The van der Waals surface area contributed by atoms with Crippen LogP contribution in [0.15, 0.2) is 42.5 Å². The lowest BCUT2D eigenvalue weighted by Crippen LogP contribution is -2.47. The van der Waals surface area contributed by atoms with Gasteiger partial charge in [0.05, 0.1) is 18.8 Å². The average Bonchev–Trinajstić information content (AvgIpc) is 3.73. The van der Waals surface area contributed by atoms with Gasteiger partial charge in [0.15, 0.2) is 0 Å². The number of methoxy groups -OCH3 is 2. The van der Waals surface area contributed by atoms with E-state index in [2.05, 4.69) is 24.1 Å². The summed E-state index contributed by atoms with van der Waals surface area (Å²) in [6.45, 7) is 7.25. The normalized spacial score (nSPS) is 23.3. The monoisotopic (exact) mass is 509 g/mol. The van der Waals surface area contributed by atoms with E-state index in [4.69, 9.17) is 14.2 Å². The molecule has 0 unspecified atom stereocenters. The molecule has 0 spiro atoms. The summed E-state index contributed by atoms with van der Waals surface area (Å²) < 4.78 is 17.3. The van der Waals surface area contributed by atoms with Gasteiger partial charge in [-0.1, -0.05) is 13.0 Å². The molecule has 2 aromatic rings. The fourth-order valence-electron chi connectivity index (χ4n) is 4.78. The molecule has 200 valence electrons. The number of hydrogen-bond donors (Lipinski definition) is 1. The van der Waals surface area contributed by atoms with Gasteiger partial charge in [-0.2, -0.15) is 0 Å². The lowest BCUT2D eigenvalue weighted by molar-refractivity contribution is 0.00994. The maximum absolute atomic E-state index is 13.6. The van der Waals surface area contributed by atoms with Crippen LogP contribution < -0.4 is 14.8 Å². The van der Waals surface area contributed by atoms with Crippen LogP contribution >= 0.6 is 0 Å². The van der Waals surface area contributed by atoms with Gasteiger partial charge in [-0.25, -0.2) is 0 Å². The van der Waals surface area contributed by atoms with E-state index >= 15 is 0 Å². The number of ether oxygens (including phenoxy) is 3. The fourth-order valence-corrected chi connectivity index (χ4v) is 4.78. The van der Waals surface area contributed by atoms with Crippen LogP contribution in [0.3, 0.4) is 0 Å². The van der Waals surface area contributed by atoms with Crippen LogP contribution in [0.1, 0.15) is 47.4 Å². The Morgan fingerprint density at radius 2 is 1.89 bits per heavy atom. The third-order valence-corrected chi connectivity index (χ3v) is 7.35. The lowest BCUT2D eigenvalue weighted by Gasteiger charge is -2.36. The van der Waals surface area contributed by atoms with Gasteiger partial charge in [0.1, 0.15) is 18.1 Å². The molecule has 2 amide bonds. The molecule has 0 bridgehead atoms. The molecule has 8 heteroatoms. The molecule has 3 atom stereocenters. The van der Waals surface area contributed by atoms with E-state index in [1.165, 1.54) is 12.8 Å². The summed E-state index contributed by atoms with van der Waals surface area (Å²) in [7, 11) is 5.05. The highest BCUT2D eigenvalue weighted by atomic mass is 16.5. The van der Waals surface area contributed by atoms with E-state index in [0.717, 1.165) is 19.0 Å². The van der Waals surface area contributed by atoms with Crippen molar-refractivity contribution in [2.75, 3.05) is 52.8 Å². The molecule has 1 aliphatic heterocycles. The Hall–Kier alpha value is -3.10. The van der Waals surface area contributed by atoms with Gasteiger partial charge in [-0.3, -0.25) is 14.5 Å². The number of fused-ring (bicyclic) bond motifs is 1. The Bertz CT molecular complexity index is 1100. The van der Waals surface area contributed by atoms with Gasteiger partial charge >= 0.3 is 0 Å². The molecule has 2 aliphatic rings. The van der Waals surface area contributed by atoms with Crippen molar-refractivity contribution in [3.63, 3.8) is 0 Å². The summed E-state index contributed by atoms with van der Waals surface area (Å²) in [6, 6.07) is 12.3. The molecule has 4 rings (SSSR count). The van der Waals surface area contributed by atoms with Crippen molar-refractivity contribution in [3.8, 4) is 11.5 Å². The summed E-state index contributed by atoms with van der Waals surface area (Å²) >= 11 is 0. The number of benzene rings is 2. The Labute approximate surface area is 219 Å². The van der Waals surface area contributed by atoms with Crippen LogP contribution in [-0.4, -0.2) is 81.3 Å². The van der Waals surface area contributed by atoms with Gasteiger partial charge < -0.3 is 24.4 Å². The Morgan fingerprint density at radius 3 is 2.59 bits per heavy atom. The van der Waals surface area contributed by atoms with Crippen molar-refractivity contribution >= 4 is 17.5 Å². The topological polar surface area (TPSA) is 80.3 Å². The third-order valence-electron chi connectivity index (χ3n) is 7.35. The minimum absolute atomic E-state index is 0.0948. The minimum atomic E-state index is -0.286. The van der Waals surface area contributed by atoms with Crippen LogP contribution in [0.5, 0.6) is 11.5 Å². The average molecular weight is 510 g/mol. The molecule has 0 saturated heterocycles. The largest absolute Gasteiger partial charge is 0.497 e. The number of nitrogens with one attached hydrogen (secondary N) is 1. The first-order chi connectivity index (χ1) is 17.8. The van der Waals surface area contributed by atoms with Crippen molar-refractivity contribution in [1.29, 1.82) is 0 Å². The van der Waals surface area contributed by atoms with Crippen molar-refractivity contribution in [2.24, 2.45) is 11.8 Å².